The molecule has 0 spiro atoms. The van der Waals surface area contributed by atoms with Crippen molar-refractivity contribution in [1.29, 1.82) is 0 Å². The highest BCUT2D eigenvalue weighted by Crippen LogP contribution is 2.22. The molecule has 1 fully saturated rings. The standard InChI is InChI=1S/C15H22N4O4.C7H14/c1-15(2,3)23-14(22)17-9-12(20)18-19-13(21)11-6-4-10(8-16)5-7-11;1-7-5-3-2-4-6-7/h4-7H,8-9,16H2,1-3H3,(H,17,22)(H,18,20)(H,19,21);7H,2-6H2,1H3. The van der Waals surface area contributed by atoms with Crippen molar-refractivity contribution in [2.45, 2.75) is 71.9 Å². The Morgan fingerprint density at radius 1 is 1.03 bits per heavy atom. The fourth-order valence-corrected chi connectivity index (χ4v) is 2.81. The predicted octanol–water partition coefficient (Wildman–Crippen LogP) is 3.02. The summed E-state index contributed by atoms with van der Waals surface area (Å²) in [5, 5.41) is 2.28. The van der Waals surface area contributed by atoms with Crippen LogP contribution in [0.25, 0.3) is 0 Å². The van der Waals surface area contributed by atoms with Crippen molar-refractivity contribution in [2.24, 2.45) is 11.7 Å². The van der Waals surface area contributed by atoms with E-state index in [1.54, 1.807) is 45.0 Å². The van der Waals surface area contributed by atoms with Crippen LogP contribution in [0.15, 0.2) is 24.3 Å². The van der Waals surface area contributed by atoms with Crippen LogP contribution in [0.2, 0.25) is 0 Å². The maximum atomic E-state index is 11.8. The molecule has 0 heterocycles. The Morgan fingerprint density at radius 2 is 1.63 bits per heavy atom. The Bertz CT molecular complexity index is 677. The van der Waals surface area contributed by atoms with Crippen LogP contribution in [-0.2, 0) is 16.1 Å². The molecule has 8 nitrogen and oxygen atoms in total. The molecular formula is C22H36N4O4. The van der Waals surface area contributed by atoms with Gasteiger partial charge in [0.2, 0.25) is 0 Å². The van der Waals surface area contributed by atoms with Gasteiger partial charge in [-0.1, -0.05) is 51.2 Å². The van der Waals surface area contributed by atoms with Crippen LogP contribution in [0.4, 0.5) is 4.79 Å². The van der Waals surface area contributed by atoms with Crippen LogP contribution >= 0.6 is 0 Å². The number of nitrogens with one attached hydrogen (secondary N) is 3. The molecule has 1 aromatic rings. The molecule has 8 heteroatoms. The molecule has 0 aliphatic heterocycles. The monoisotopic (exact) mass is 420 g/mol. The summed E-state index contributed by atoms with van der Waals surface area (Å²) in [7, 11) is 0. The summed E-state index contributed by atoms with van der Waals surface area (Å²) in [5.41, 5.74) is 10.5. The van der Waals surface area contributed by atoms with Gasteiger partial charge in [0, 0.05) is 12.1 Å². The molecule has 0 unspecified atom stereocenters. The average Bonchev–Trinajstić information content (AvgIpc) is 2.70. The Morgan fingerprint density at radius 3 is 2.10 bits per heavy atom. The van der Waals surface area contributed by atoms with Crippen molar-refractivity contribution >= 4 is 17.9 Å². The van der Waals surface area contributed by atoms with E-state index in [1.807, 2.05) is 0 Å². The minimum absolute atomic E-state index is 0.318. The van der Waals surface area contributed by atoms with Crippen LogP contribution in [0, 0.1) is 5.92 Å². The van der Waals surface area contributed by atoms with Gasteiger partial charge in [0.25, 0.3) is 11.8 Å². The largest absolute Gasteiger partial charge is 0.444 e. The van der Waals surface area contributed by atoms with E-state index in [-0.39, 0.29) is 6.54 Å². The molecule has 0 aromatic heterocycles. The number of amides is 3. The maximum Gasteiger partial charge on any atom is 0.408 e. The molecule has 1 aromatic carbocycles. The molecule has 1 aliphatic rings. The van der Waals surface area contributed by atoms with Gasteiger partial charge in [0.15, 0.2) is 0 Å². The third-order valence-corrected chi connectivity index (χ3v) is 4.45. The van der Waals surface area contributed by atoms with Crippen LogP contribution in [0.1, 0.15) is 75.7 Å². The van der Waals surface area contributed by atoms with Gasteiger partial charge in [-0.3, -0.25) is 20.4 Å². The van der Waals surface area contributed by atoms with E-state index < -0.39 is 23.5 Å². The molecule has 0 atom stereocenters. The quantitative estimate of drug-likeness (QED) is 0.558. The first-order chi connectivity index (χ1) is 14.1. The lowest BCUT2D eigenvalue weighted by molar-refractivity contribution is -0.121. The number of benzene rings is 1. The SMILES string of the molecule is CC(C)(C)OC(=O)NCC(=O)NNC(=O)c1ccc(CN)cc1.CC1CCCCC1. The van der Waals surface area contributed by atoms with E-state index in [4.69, 9.17) is 10.5 Å². The number of hydrazine groups is 1. The lowest BCUT2D eigenvalue weighted by Crippen LogP contribution is -2.47. The third-order valence-electron chi connectivity index (χ3n) is 4.45. The highest BCUT2D eigenvalue weighted by molar-refractivity contribution is 5.95. The van der Waals surface area contributed by atoms with E-state index >= 15 is 0 Å². The number of hydrogen-bond acceptors (Lipinski definition) is 5. The number of rotatable bonds is 4. The molecule has 0 saturated heterocycles. The summed E-state index contributed by atoms with van der Waals surface area (Å²) in [6.07, 6.45) is 6.73. The molecule has 5 N–H and O–H groups in total. The van der Waals surface area contributed by atoms with Crippen molar-refractivity contribution in [3.63, 3.8) is 0 Å². The molecule has 30 heavy (non-hydrogen) atoms. The smallest absolute Gasteiger partial charge is 0.408 e. The van der Waals surface area contributed by atoms with Crippen molar-refractivity contribution in [1.82, 2.24) is 16.2 Å². The van der Waals surface area contributed by atoms with Gasteiger partial charge in [0.1, 0.15) is 12.1 Å². The first-order valence-electron chi connectivity index (χ1n) is 10.5. The minimum atomic E-state index is -0.712. The summed E-state index contributed by atoms with van der Waals surface area (Å²) in [4.78, 5) is 34.7. The summed E-state index contributed by atoms with van der Waals surface area (Å²) >= 11 is 0. The van der Waals surface area contributed by atoms with Crippen molar-refractivity contribution in [2.75, 3.05) is 6.54 Å². The molecule has 1 saturated carbocycles. The van der Waals surface area contributed by atoms with Crippen LogP contribution < -0.4 is 21.9 Å². The van der Waals surface area contributed by atoms with Crippen molar-refractivity contribution in [3.05, 3.63) is 35.4 Å². The minimum Gasteiger partial charge on any atom is -0.444 e. The summed E-state index contributed by atoms with van der Waals surface area (Å²) in [6.45, 7) is 7.56. The van der Waals surface area contributed by atoms with E-state index in [0.717, 1.165) is 11.5 Å². The van der Waals surface area contributed by atoms with Gasteiger partial charge in [-0.2, -0.15) is 0 Å². The lowest BCUT2D eigenvalue weighted by Gasteiger charge is -2.19. The molecule has 1 aliphatic carbocycles. The van der Waals surface area contributed by atoms with Crippen molar-refractivity contribution in [3.8, 4) is 0 Å². The van der Waals surface area contributed by atoms with Crippen LogP contribution in [-0.4, -0.2) is 30.1 Å². The second kappa shape index (κ2) is 12.8. The van der Waals surface area contributed by atoms with E-state index in [0.29, 0.717) is 12.1 Å². The lowest BCUT2D eigenvalue weighted by atomic mass is 9.91. The van der Waals surface area contributed by atoms with Gasteiger partial charge in [-0.25, -0.2) is 4.79 Å². The second-order valence-corrected chi connectivity index (χ2v) is 8.50. The fraction of sp³-hybridized carbons (Fsp3) is 0.591. The molecule has 0 radical (unpaired) electrons. The Kier molecular flexibility index (Phi) is 10.9. The van der Waals surface area contributed by atoms with Crippen molar-refractivity contribution < 1.29 is 19.1 Å². The Labute approximate surface area is 179 Å². The van der Waals surface area contributed by atoms with E-state index in [9.17, 15) is 14.4 Å². The molecule has 2 rings (SSSR count). The highest BCUT2D eigenvalue weighted by Gasteiger charge is 2.16. The number of hydrogen-bond donors (Lipinski definition) is 4. The maximum absolute atomic E-state index is 11.8. The zero-order chi connectivity index (χ0) is 22.6. The summed E-state index contributed by atoms with van der Waals surface area (Å²) in [5.74, 6) is -0.0178. The number of carbonyl (C=O) groups excluding carboxylic acids is 3. The van der Waals surface area contributed by atoms with Gasteiger partial charge >= 0.3 is 6.09 Å². The summed E-state index contributed by atoms with van der Waals surface area (Å²) in [6, 6.07) is 6.65. The molecule has 168 valence electrons. The topological polar surface area (TPSA) is 123 Å². The number of carbonyl (C=O) groups is 3. The van der Waals surface area contributed by atoms with Gasteiger partial charge in [-0.05, 0) is 44.4 Å². The molecular weight excluding hydrogens is 384 g/mol. The molecule has 3 amide bonds. The normalized spacial score (nSPS) is 14.0. The van der Waals surface area contributed by atoms with Gasteiger partial charge in [-0.15, -0.1) is 0 Å². The second-order valence-electron chi connectivity index (χ2n) is 8.50. The van der Waals surface area contributed by atoms with E-state index in [2.05, 4.69) is 23.1 Å². The Hall–Kier alpha value is -2.61. The molecule has 0 bridgehead atoms. The first-order valence-corrected chi connectivity index (χ1v) is 10.5. The average molecular weight is 421 g/mol. The number of alkyl carbamates (subject to hydrolysis) is 1. The Balaban J connectivity index is 0.000000539. The van der Waals surface area contributed by atoms with Gasteiger partial charge < -0.3 is 15.8 Å². The number of nitrogens with two attached hydrogens (primary N) is 1. The third kappa shape index (κ3) is 11.4. The van der Waals surface area contributed by atoms with Crippen LogP contribution in [0.3, 0.4) is 0 Å². The number of ether oxygens (including phenoxy) is 1. The van der Waals surface area contributed by atoms with E-state index in [1.165, 1.54) is 32.1 Å². The zero-order valence-corrected chi connectivity index (χ0v) is 18.5. The first kappa shape index (κ1) is 25.4. The zero-order valence-electron chi connectivity index (χ0n) is 18.5. The van der Waals surface area contributed by atoms with Crippen LogP contribution in [0.5, 0.6) is 0 Å². The van der Waals surface area contributed by atoms with Gasteiger partial charge in [0.05, 0.1) is 0 Å². The fourth-order valence-electron chi connectivity index (χ4n) is 2.81. The highest BCUT2D eigenvalue weighted by atomic mass is 16.6. The predicted molar refractivity (Wildman–Crippen MR) is 116 cm³/mol. The summed E-state index contributed by atoms with van der Waals surface area (Å²) < 4.78 is 4.98.